The van der Waals surface area contributed by atoms with Gasteiger partial charge in [-0.25, -0.2) is 13.6 Å². The normalized spacial score (nSPS) is 11.8. The number of nitrogens with one attached hydrogen (secondary N) is 1. The van der Waals surface area contributed by atoms with Crippen LogP contribution in [0.3, 0.4) is 0 Å². The van der Waals surface area contributed by atoms with Gasteiger partial charge in [0, 0.05) is 12.2 Å². The van der Waals surface area contributed by atoms with E-state index in [1.54, 1.807) is 12.1 Å². The fourth-order valence-corrected chi connectivity index (χ4v) is 2.29. The van der Waals surface area contributed by atoms with Crippen LogP contribution in [-0.2, 0) is 10.0 Å². The molecule has 0 radical (unpaired) electrons. The van der Waals surface area contributed by atoms with Crippen molar-refractivity contribution in [3.8, 4) is 0 Å². The average Bonchev–Trinajstić information content (AvgIpc) is 2.24. The predicted octanol–water partition coefficient (Wildman–Crippen LogP) is 0.280. The molecule has 0 fully saturated rings. The molecular formula is C11H20N4O2S. The molecule has 102 valence electrons. The molecular weight excluding hydrogens is 252 g/mol. The molecule has 0 saturated carbocycles. The van der Waals surface area contributed by atoms with Crippen molar-refractivity contribution in [3.63, 3.8) is 0 Å². The molecule has 1 aromatic carbocycles. The Morgan fingerprint density at radius 2 is 2.00 bits per heavy atom. The summed E-state index contributed by atoms with van der Waals surface area (Å²) in [5, 5.41) is 8.21. The number of nitrogens with zero attached hydrogens (tertiary/aromatic N) is 1. The Morgan fingerprint density at radius 1 is 1.33 bits per heavy atom. The lowest BCUT2D eigenvalue weighted by atomic mass is 10.2. The molecule has 0 spiro atoms. The number of hydrogen-bond donors (Lipinski definition) is 3. The molecule has 0 aliphatic rings. The van der Waals surface area contributed by atoms with E-state index in [0.717, 1.165) is 13.0 Å². The molecule has 0 saturated heterocycles. The van der Waals surface area contributed by atoms with Gasteiger partial charge in [0.25, 0.3) is 0 Å². The van der Waals surface area contributed by atoms with Crippen LogP contribution in [0.4, 0.5) is 11.4 Å². The second-order valence-electron chi connectivity index (χ2n) is 4.38. The molecule has 0 bridgehead atoms. The third-order valence-electron chi connectivity index (χ3n) is 2.41. The number of nitrogen functional groups attached to an aromatic ring is 1. The minimum atomic E-state index is -3.76. The smallest absolute Gasteiger partial charge is 0.240 e. The van der Waals surface area contributed by atoms with Crippen LogP contribution in [-0.4, -0.2) is 40.5 Å². The van der Waals surface area contributed by atoms with Gasteiger partial charge in [0.05, 0.1) is 5.69 Å². The molecule has 6 nitrogen and oxygen atoms in total. The number of primary sulfonamides is 1. The summed E-state index contributed by atoms with van der Waals surface area (Å²) in [6.07, 6.45) is 0.904. The zero-order valence-electron chi connectivity index (χ0n) is 10.7. The van der Waals surface area contributed by atoms with Gasteiger partial charge >= 0.3 is 0 Å². The number of sulfonamides is 1. The summed E-state index contributed by atoms with van der Waals surface area (Å²) >= 11 is 0. The highest BCUT2D eigenvalue weighted by Gasteiger charge is 2.13. The first-order valence-electron chi connectivity index (χ1n) is 5.61. The van der Waals surface area contributed by atoms with Crippen molar-refractivity contribution in [1.29, 1.82) is 0 Å². The van der Waals surface area contributed by atoms with Crippen molar-refractivity contribution in [3.05, 3.63) is 18.2 Å². The maximum atomic E-state index is 11.4. The summed E-state index contributed by atoms with van der Waals surface area (Å²) < 4.78 is 22.8. The fourth-order valence-electron chi connectivity index (χ4n) is 1.54. The zero-order chi connectivity index (χ0) is 13.8. The highest BCUT2D eigenvalue weighted by Crippen LogP contribution is 2.22. The molecule has 18 heavy (non-hydrogen) atoms. The van der Waals surface area contributed by atoms with Crippen LogP contribution in [0.2, 0.25) is 0 Å². The van der Waals surface area contributed by atoms with Gasteiger partial charge < -0.3 is 16.0 Å². The largest absolute Gasteiger partial charge is 0.399 e. The van der Waals surface area contributed by atoms with E-state index in [9.17, 15) is 8.42 Å². The predicted molar refractivity (Wildman–Crippen MR) is 73.9 cm³/mol. The lowest BCUT2D eigenvalue weighted by Gasteiger charge is -2.13. The van der Waals surface area contributed by atoms with E-state index >= 15 is 0 Å². The van der Waals surface area contributed by atoms with Crippen molar-refractivity contribution in [2.75, 3.05) is 38.2 Å². The Balaban J connectivity index is 2.77. The topological polar surface area (TPSA) is 101 Å². The lowest BCUT2D eigenvalue weighted by Crippen LogP contribution is -2.18. The quantitative estimate of drug-likeness (QED) is 0.510. The van der Waals surface area contributed by atoms with Gasteiger partial charge in [0.2, 0.25) is 10.0 Å². The van der Waals surface area contributed by atoms with Crippen molar-refractivity contribution >= 4 is 21.4 Å². The molecule has 0 heterocycles. The maximum absolute atomic E-state index is 11.4. The Labute approximate surface area is 108 Å². The number of benzene rings is 1. The van der Waals surface area contributed by atoms with E-state index in [1.165, 1.54) is 6.07 Å². The third kappa shape index (κ3) is 4.52. The minimum absolute atomic E-state index is 0.0346. The van der Waals surface area contributed by atoms with Gasteiger partial charge in [0.15, 0.2) is 0 Å². The minimum Gasteiger partial charge on any atom is -0.399 e. The standard InChI is InChI=1S/C11H20N4O2S/c1-15(2)7-3-6-14-10-5-4-9(12)8-11(10)18(13,16)17/h4-5,8,14H,3,6-7,12H2,1-2H3,(H2,13,16,17). The first-order chi connectivity index (χ1) is 8.30. The Kier molecular flexibility index (Phi) is 4.94. The number of anilines is 2. The van der Waals surface area contributed by atoms with Crippen molar-refractivity contribution in [1.82, 2.24) is 4.90 Å². The lowest BCUT2D eigenvalue weighted by molar-refractivity contribution is 0.405. The number of hydrogen-bond acceptors (Lipinski definition) is 5. The summed E-state index contributed by atoms with van der Waals surface area (Å²) in [5.41, 5.74) is 6.43. The van der Waals surface area contributed by atoms with Gasteiger partial charge in [0.1, 0.15) is 4.90 Å². The monoisotopic (exact) mass is 272 g/mol. The summed E-state index contributed by atoms with van der Waals surface area (Å²) in [4.78, 5) is 2.10. The van der Waals surface area contributed by atoms with E-state index in [0.29, 0.717) is 17.9 Å². The van der Waals surface area contributed by atoms with Crippen LogP contribution in [0.1, 0.15) is 6.42 Å². The molecule has 0 aromatic heterocycles. The highest BCUT2D eigenvalue weighted by atomic mass is 32.2. The average molecular weight is 272 g/mol. The van der Waals surface area contributed by atoms with Gasteiger partial charge in [-0.15, -0.1) is 0 Å². The zero-order valence-corrected chi connectivity index (χ0v) is 11.5. The molecule has 5 N–H and O–H groups in total. The fraction of sp³-hybridized carbons (Fsp3) is 0.455. The Morgan fingerprint density at radius 3 is 2.56 bits per heavy atom. The molecule has 0 atom stereocenters. The second kappa shape index (κ2) is 6.03. The van der Waals surface area contributed by atoms with Crippen LogP contribution in [0.15, 0.2) is 23.1 Å². The maximum Gasteiger partial charge on any atom is 0.240 e. The van der Waals surface area contributed by atoms with E-state index in [1.807, 2.05) is 14.1 Å². The van der Waals surface area contributed by atoms with Crippen LogP contribution < -0.4 is 16.2 Å². The van der Waals surface area contributed by atoms with Crippen LogP contribution >= 0.6 is 0 Å². The molecule has 0 aliphatic heterocycles. The van der Waals surface area contributed by atoms with E-state index < -0.39 is 10.0 Å². The summed E-state index contributed by atoms with van der Waals surface area (Å²) in [7, 11) is 0.208. The number of rotatable bonds is 6. The van der Waals surface area contributed by atoms with E-state index in [2.05, 4.69) is 10.2 Å². The van der Waals surface area contributed by atoms with Crippen molar-refractivity contribution in [2.24, 2.45) is 5.14 Å². The molecule has 0 unspecified atom stereocenters. The molecule has 1 rings (SSSR count). The van der Waals surface area contributed by atoms with E-state index in [4.69, 9.17) is 10.9 Å². The Bertz CT molecular complexity index is 500. The molecule has 7 heteroatoms. The third-order valence-corrected chi connectivity index (χ3v) is 3.36. The molecule has 0 aliphatic carbocycles. The van der Waals surface area contributed by atoms with Crippen molar-refractivity contribution < 1.29 is 8.42 Å². The molecule has 1 aromatic rings. The second-order valence-corrected chi connectivity index (χ2v) is 5.91. The van der Waals surface area contributed by atoms with Crippen LogP contribution in [0.25, 0.3) is 0 Å². The van der Waals surface area contributed by atoms with E-state index in [-0.39, 0.29) is 4.90 Å². The molecule has 0 amide bonds. The van der Waals surface area contributed by atoms with Gasteiger partial charge in [-0.1, -0.05) is 0 Å². The van der Waals surface area contributed by atoms with Gasteiger partial charge in [-0.05, 0) is 45.3 Å². The van der Waals surface area contributed by atoms with Crippen LogP contribution in [0.5, 0.6) is 0 Å². The number of nitrogens with two attached hydrogens (primary N) is 2. The first-order valence-corrected chi connectivity index (χ1v) is 7.16. The summed E-state index contributed by atoms with van der Waals surface area (Å²) in [6, 6.07) is 4.64. The first kappa shape index (κ1) is 14.7. The summed E-state index contributed by atoms with van der Waals surface area (Å²) in [6.45, 7) is 1.59. The SMILES string of the molecule is CN(C)CCCNc1ccc(N)cc1S(N)(=O)=O. The van der Waals surface area contributed by atoms with Crippen molar-refractivity contribution in [2.45, 2.75) is 11.3 Å². The highest BCUT2D eigenvalue weighted by molar-refractivity contribution is 7.89. The Hall–Kier alpha value is -1.31. The summed E-state index contributed by atoms with van der Waals surface area (Å²) in [5.74, 6) is 0. The van der Waals surface area contributed by atoms with Gasteiger partial charge in [-0.2, -0.15) is 0 Å². The van der Waals surface area contributed by atoms with Gasteiger partial charge in [-0.3, -0.25) is 0 Å². The van der Waals surface area contributed by atoms with Crippen LogP contribution in [0, 0.1) is 0 Å².